The molecule has 0 radical (unpaired) electrons. The van der Waals surface area contributed by atoms with Gasteiger partial charge in [0.15, 0.2) is 5.82 Å². The molecule has 0 unspecified atom stereocenters. The minimum atomic E-state index is -0.549. The minimum Gasteiger partial charge on any atom is -0.483 e. The molecular weight excluding hydrogens is 426 g/mol. The Kier molecular flexibility index (Phi) is 5.40. The van der Waals surface area contributed by atoms with Crippen molar-refractivity contribution in [1.29, 1.82) is 0 Å². The number of hydrogen-bond acceptors (Lipinski definition) is 6. The van der Waals surface area contributed by atoms with Crippen molar-refractivity contribution in [2.45, 2.75) is 6.61 Å². The predicted octanol–water partition coefficient (Wildman–Crippen LogP) is 5.85. The summed E-state index contributed by atoms with van der Waals surface area (Å²) in [6.45, 7) is 0.137. The van der Waals surface area contributed by atoms with E-state index in [9.17, 15) is 8.78 Å². The zero-order valence-corrected chi connectivity index (χ0v) is 17.5. The highest BCUT2D eigenvalue weighted by atomic mass is 19.1. The summed E-state index contributed by atoms with van der Waals surface area (Å²) in [4.78, 5) is 13.5. The summed E-state index contributed by atoms with van der Waals surface area (Å²) in [6, 6.07) is 13.9. The maximum Gasteiger partial charge on any atom is 0.163 e. The van der Waals surface area contributed by atoms with Crippen LogP contribution in [0.4, 0.5) is 14.6 Å². The zero-order chi connectivity index (χ0) is 22.8. The molecule has 5 aromatic rings. The monoisotopic (exact) mass is 444 g/mol. The van der Waals surface area contributed by atoms with E-state index in [1.54, 1.807) is 56.0 Å². The molecule has 0 spiro atoms. The number of hydrogen-bond donors (Lipinski definition) is 1. The summed E-state index contributed by atoms with van der Waals surface area (Å²) in [5.41, 5.74) is 1.79. The van der Waals surface area contributed by atoms with E-state index in [1.165, 1.54) is 0 Å². The van der Waals surface area contributed by atoms with E-state index in [4.69, 9.17) is 14.1 Å². The SMILES string of the molecule is CNc1nc(-c2cccnc2)nc2c(OCc3ccco3)cc(-c3cc(F)ccc3F)cc12. The summed E-state index contributed by atoms with van der Waals surface area (Å²) < 4.78 is 39.9. The number of fused-ring (bicyclic) bond motifs is 1. The Morgan fingerprint density at radius 3 is 2.67 bits per heavy atom. The Bertz CT molecular complexity index is 1420. The van der Waals surface area contributed by atoms with Crippen molar-refractivity contribution in [3.8, 4) is 28.3 Å². The van der Waals surface area contributed by atoms with Gasteiger partial charge >= 0.3 is 0 Å². The smallest absolute Gasteiger partial charge is 0.163 e. The molecule has 0 atom stereocenters. The normalized spacial score (nSPS) is 11.0. The highest BCUT2D eigenvalue weighted by Gasteiger charge is 2.17. The fourth-order valence-corrected chi connectivity index (χ4v) is 3.54. The number of halogens is 2. The maximum absolute atomic E-state index is 14.6. The quantitative estimate of drug-likeness (QED) is 0.354. The lowest BCUT2D eigenvalue weighted by atomic mass is 10.0. The summed E-state index contributed by atoms with van der Waals surface area (Å²) in [7, 11) is 1.73. The van der Waals surface area contributed by atoms with Crippen LogP contribution >= 0.6 is 0 Å². The van der Waals surface area contributed by atoms with Crippen molar-refractivity contribution in [2.24, 2.45) is 0 Å². The van der Waals surface area contributed by atoms with Crippen LogP contribution in [0.2, 0.25) is 0 Å². The summed E-state index contributed by atoms with van der Waals surface area (Å²) in [5, 5.41) is 3.67. The highest BCUT2D eigenvalue weighted by molar-refractivity contribution is 5.97. The van der Waals surface area contributed by atoms with Gasteiger partial charge in [-0.25, -0.2) is 18.7 Å². The van der Waals surface area contributed by atoms with Gasteiger partial charge < -0.3 is 14.5 Å². The van der Waals surface area contributed by atoms with Crippen LogP contribution in [0.15, 0.2) is 77.7 Å². The highest BCUT2D eigenvalue weighted by Crippen LogP contribution is 2.37. The van der Waals surface area contributed by atoms with Crippen molar-refractivity contribution in [1.82, 2.24) is 15.0 Å². The second kappa shape index (κ2) is 8.66. The molecule has 0 aliphatic carbocycles. The van der Waals surface area contributed by atoms with E-state index >= 15 is 0 Å². The number of anilines is 1. The Hall–Kier alpha value is -4.33. The fourth-order valence-electron chi connectivity index (χ4n) is 3.54. The van der Waals surface area contributed by atoms with E-state index in [2.05, 4.69) is 15.3 Å². The van der Waals surface area contributed by atoms with Gasteiger partial charge in [0, 0.05) is 36.0 Å². The molecule has 0 bridgehead atoms. The molecule has 8 heteroatoms. The molecule has 2 aromatic carbocycles. The number of pyridine rings is 1. The van der Waals surface area contributed by atoms with Crippen molar-refractivity contribution >= 4 is 16.7 Å². The standard InChI is InChI=1S/C25H18F2N4O2/c1-28-25-20-10-16(19-12-17(26)6-7-21(19)27)11-22(33-14-18-5-3-9-32-18)23(20)30-24(31-25)15-4-2-8-29-13-15/h2-13H,14H2,1H3,(H,28,30,31). The number of aromatic nitrogens is 3. The first-order valence-corrected chi connectivity index (χ1v) is 10.2. The van der Waals surface area contributed by atoms with E-state index in [-0.39, 0.29) is 12.2 Å². The molecule has 0 aliphatic heterocycles. The van der Waals surface area contributed by atoms with Crippen molar-refractivity contribution in [3.05, 3.63) is 90.6 Å². The molecule has 1 N–H and O–H groups in total. The number of nitrogens with zero attached hydrogens (tertiary/aromatic N) is 3. The third-order valence-corrected chi connectivity index (χ3v) is 5.11. The Morgan fingerprint density at radius 1 is 1.00 bits per heavy atom. The average molecular weight is 444 g/mol. The van der Waals surface area contributed by atoms with Gasteiger partial charge in [0.2, 0.25) is 0 Å². The van der Waals surface area contributed by atoms with Crippen LogP contribution in [0.25, 0.3) is 33.4 Å². The molecule has 6 nitrogen and oxygen atoms in total. The first kappa shape index (κ1) is 20.6. The molecule has 0 saturated carbocycles. The van der Waals surface area contributed by atoms with E-state index in [1.807, 2.05) is 6.07 Å². The molecule has 3 heterocycles. The van der Waals surface area contributed by atoms with Crippen LogP contribution in [0, 0.1) is 11.6 Å². The predicted molar refractivity (Wildman–Crippen MR) is 121 cm³/mol. The van der Waals surface area contributed by atoms with Gasteiger partial charge in [0.05, 0.1) is 6.26 Å². The third-order valence-electron chi connectivity index (χ3n) is 5.11. The largest absolute Gasteiger partial charge is 0.483 e. The van der Waals surface area contributed by atoms with E-state index < -0.39 is 11.6 Å². The van der Waals surface area contributed by atoms with Crippen molar-refractivity contribution < 1.29 is 17.9 Å². The molecule has 164 valence electrons. The van der Waals surface area contributed by atoms with Crippen LogP contribution in [0.5, 0.6) is 5.75 Å². The van der Waals surface area contributed by atoms with Gasteiger partial charge in [-0.3, -0.25) is 4.98 Å². The number of benzene rings is 2. The van der Waals surface area contributed by atoms with Crippen molar-refractivity contribution in [2.75, 3.05) is 12.4 Å². The van der Waals surface area contributed by atoms with E-state index in [0.717, 1.165) is 23.8 Å². The Balaban J connectivity index is 1.73. The van der Waals surface area contributed by atoms with E-state index in [0.29, 0.717) is 39.6 Å². The molecule has 0 saturated heterocycles. The summed E-state index contributed by atoms with van der Waals surface area (Å²) in [5.74, 6) is 0.869. The molecular formula is C25H18F2N4O2. The lowest BCUT2D eigenvalue weighted by Gasteiger charge is -2.15. The molecule has 5 rings (SSSR count). The third kappa shape index (κ3) is 4.10. The summed E-state index contributed by atoms with van der Waals surface area (Å²) >= 11 is 0. The van der Waals surface area contributed by atoms with Crippen LogP contribution in [0.3, 0.4) is 0 Å². The van der Waals surface area contributed by atoms with Gasteiger partial charge in [0.25, 0.3) is 0 Å². The van der Waals surface area contributed by atoms with Crippen LogP contribution in [0.1, 0.15) is 5.76 Å². The van der Waals surface area contributed by atoms with Gasteiger partial charge in [-0.15, -0.1) is 0 Å². The minimum absolute atomic E-state index is 0.109. The van der Waals surface area contributed by atoms with Gasteiger partial charge in [0.1, 0.15) is 41.1 Å². The zero-order valence-electron chi connectivity index (χ0n) is 17.5. The van der Waals surface area contributed by atoms with Gasteiger partial charge in [-0.05, 0) is 60.2 Å². The second-order valence-electron chi connectivity index (χ2n) is 7.25. The Labute approximate surface area is 187 Å². The number of rotatable bonds is 6. The number of ether oxygens (including phenoxy) is 1. The van der Waals surface area contributed by atoms with Crippen LogP contribution < -0.4 is 10.1 Å². The molecule has 0 aliphatic rings. The van der Waals surface area contributed by atoms with Crippen LogP contribution in [-0.4, -0.2) is 22.0 Å². The molecule has 0 amide bonds. The number of nitrogens with one attached hydrogen (secondary N) is 1. The van der Waals surface area contributed by atoms with Crippen LogP contribution in [-0.2, 0) is 6.61 Å². The lowest BCUT2D eigenvalue weighted by molar-refractivity contribution is 0.273. The first-order valence-electron chi connectivity index (χ1n) is 10.2. The fraction of sp³-hybridized carbons (Fsp3) is 0.0800. The Morgan fingerprint density at radius 2 is 1.91 bits per heavy atom. The number of furan rings is 1. The molecule has 3 aromatic heterocycles. The van der Waals surface area contributed by atoms with Crippen molar-refractivity contribution in [3.63, 3.8) is 0 Å². The summed E-state index contributed by atoms with van der Waals surface area (Å²) in [6.07, 6.45) is 4.89. The average Bonchev–Trinajstić information content (AvgIpc) is 3.37. The topological polar surface area (TPSA) is 73.1 Å². The second-order valence-corrected chi connectivity index (χ2v) is 7.25. The molecule has 0 fully saturated rings. The lowest BCUT2D eigenvalue weighted by Crippen LogP contribution is -2.02. The van der Waals surface area contributed by atoms with Gasteiger partial charge in [-0.1, -0.05) is 0 Å². The first-order chi connectivity index (χ1) is 16.1. The van der Waals surface area contributed by atoms with Gasteiger partial charge in [-0.2, -0.15) is 0 Å². The maximum atomic E-state index is 14.6. The molecule has 33 heavy (non-hydrogen) atoms.